The van der Waals surface area contributed by atoms with Crippen molar-refractivity contribution < 1.29 is 0 Å². The van der Waals surface area contributed by atoms with E-state index in [1.807, 2.05) is 11.8 Å². The van der Waals surface area contributed by atoms with E-state index in [9.17, 15) is 0 Å². The van der Waals surface area contributed by atoms with Crippen molar-refractivity contribution in [1.29, 1.82) is 0 Å². The van der Waals surface area contributed by atoms with Crippen LogP contribution in [0.1, 0.15) is 6.92 Å². The first-order valence-electron chi connectivity index (χ1n) is 5.15. The Morgan fingerprint density at radius 1 is 1.36 bits per heavy atom. The normalized spacial score (nSPS) is 30.4. The minimum atomic E-state index is 0.481. The number of amidine groups is 1. The molecule has 0 amide bonds. The van der Waals surface area contributed by atoms with Crippen LogP contribution in [0, 0.1) is 0 Å². The van der Waals surface area contributed by atoms with Gasteiger partial charge < -0.3 is 4.90 Å². The number of nitrogens with zero attached hydrogens (tertiary/aromatic N) is 3. The summed E-state index contributed by atoms with van der Waals surface area (Å²) < 4.78 is 0. The van der Waals surface area contributed by atoms with Gasteiger partial charge >= 0.3 is 0 Å². The highest BCUT2D eigenvalue weighted by Gasteiger charge is 2.18. The third kappa shape index (κ3) is 2.62. The van der Waals surface area contributed by atoms with Gasteiger partial charge in [0.2, 0.25) is 0 Å². The molecule has 1 saturated heterocycles. The lowest BCUT2D eigenvalue weighted by Crippen LogP contribution is -2.51. The lowest BCUT2D eigenvalue weighted by molar-refractivity contribution is 0.132. The highest BCUT2D eigenvalue weighted by molar-refractivity contribution is 8.14. The van der Waals surface area contributed by atoms with Crippen molar-refractivity contribution in [3.8, 4) is 0 Å². The molecule has 0 saturated carbocycles. The molecule has 1 N–H and O–H groups in total. The lowest BCUT2D eigenvalue weighted by Gasteiger charge is -2.32. The Labute approximate surface area is 89.7 Å². The maximum absolute atomic E-state index is 4.51. The van der Waals surface area contributed by atoms with Gasteiger partial charge in [-0.1, -0.05) is 11.8 Å². The SMILES string of the molecule is CC1CSC(NN2CCN(C)CC2)=N1. The summed E-state index contributed by atoms with van der Waals surface area (Å²) in [6, 6.07) is 0.481. The van der Waals surface area contributed by atoms with Crippen LogP contribution in [0.3, 0.4) is 0 Å². The summed E-state index contributed by atoms with van der Waals surface area (Å²) in [6.45, 7) is 6.61. The molecule has 0 aromatic heterocycles. The Kier molecular flexibility index (Phi) is 3.30. The quantitative estimate of drug-likeness (QED) is 0.677. The van der Waals surface area contributed by atoms with Gasteiger partial charge in [0.05, 0.1) is 6.04 Å². The fourth-order valence-corrected chi connectivity index (χ4v) is 2.51. The summed E-state index contributed by atoms with van der Waals surface area (Å²) in [5.41, 5.74) is 3.39. The molecule has 1 unspecified atom stereocenters. The summed E-state index contributed by atoms with van der Waals surface area (Å²) in [6.07, 6.45) is 0. The molecule has 1 atom stereocenters. The smallest absolute Gasteiger partial charge is 0.171 e. The van der Waals surface area contributed by atoms with E-state index in [1.165, 1.54) is 0 Å². The summed E-state index contributed by atoms with van der Waals surface area (Å²) in [4.78, 5) is 6.87. The van der Waals surface area contributed by atoms with Gasteiger partial charge in [0.15, 0.2) is 5.17 Å². The number of thioether (sulfide) groups is 1. The Morgan fingerprint density at radius 3 is 2.64 bits per heavy atom. The molecular formula is C9H18N4S. The van der Waals surface area contributed by atoms with Crippen LogP contribution >= 0.6 is 11.8 Å². The van der Waals surface area contributed by atoms with Crippen molar-refractivity contribution in [2.75, 3.05) is 39.0 Å². The van der Waals surface area contributed by atoms with Gasteiger partial charge in [-0.25, -0.2) is 5.01 Å². The monoisotopic (exact) mass is 214 g/mol. The molecule has 0 aromatic carbocycles. The zero-order valence-corrected chi connectivity index (χ0v) is 9.68. The first-order chi connectivity index (χ1) is 6.74. The summed E-state index contributed by atoms with van der Waals surface area (Å²) in [7, 11) is 2.17. The molecule has 80 valence electrons. The Bertz CT molecular complexity index is 223. The standard InChI is InChI=1S/C9H18N4S/c1-8-7-14-9(10-8)11-13-5-3-12(2)4-6-13/h8H,3-7H2,1-2H3,(H,10,11). The lowest BCUT2D eigenvalue weighted by atomic mass is 10.4. The molecule has 2 heterocycles. The largest absolute Gasteiger partial charge is 0.304 e. The second-order valence-corrected chi connectivity index (χ2v) is 5.01. The molecule has 0 bridgehead atoms. The molecule has 0 radical (unpaired) electrons. The first-order valence-corrected chi connectivity index (χ1v) is 6.13. The van der Waals surface area contributed by atoms with Crippen molar-refractivity contribution in [1.82, 2.24) is 15.3 Å². The van der Waals surface area contributed by atoms with Crippen LogP contribution in [0.2, 0.25) is 0 Å². The van der Waals surface area contributed by atoms with Gasteiger partial charge in [-0.15, -0.1) is 0 Å². The van der Waals surface area contributed by atoms with Crippen molar-refractivity contribution >= 4 is 16.9 Å². The van der Waals surface area contributed by atoms with E-state index in [4.69, 9.17) is 0 Å². The predicted octanol–water partition coefficient (Wildman–Crippen LogP) is 0.230. The molecule has 14 heavy (non-hydrogen) atoms. The molecule has 2 rings (SSSR count). The minimum Gasteiger partial charge on any atom is -0.304 e. The number of piperazine rings is 1. The predicted molar refractivity (Wildman–Crippen MR) is 61.6 cm³/mol. The number of nitrogens with one attached hydrogen (secondary N) is 1. The van der Waals surface area contributed by atoms with Crippen molar-refractivity contribution in [3.63, 3.8) is 0 Å². The van der Waals surface area contributed by atoms with Crippen LogP contribution in [0.4, 0.5) is 0 Å². The zero-order chi connectivity index (χ0) is 9.97. The van der Waals surface area contributed by atoms with Crippen LogP contribution in [-0.2, 0) is 0 Å². The second kappa shape index (κ2) is 4.51. The average Bonchev–Trinajstić information content (AvgIpc) is 2.56. The average molecular weight is 214 g/mol. The van der Waals surface area contributed by atoms with E-state index in [-0.39, 0.29) is 0 Å². The minimum absolute atomic E-state index is 0.481. The summed E-state index contributed by atoms with van der Waals surface area (Å²) >= 11 is 1.83. The van der Waals surface area contributed by atoms with Gasteiger partial charge in [0, 0.05) is 31.9 Å². The van der Waals surface area contributed by atoms with Crippen molar-refractivity contribution in [2.24, 2.45) is 4.99 Å². The third-order valence-electron chi connectivity index (χ3n) is 2.56. The Balaban J connectivity index is 1.78. The molecule has 4 nitrogen and oxygen atoms in total. The highest BCUT2D eigenvalue weighted by Crippen LogP contribution is 2.16. The summed E-state index contributed by atoms with van der Waals surface area (Å²) in [5.74, 6) is 1.12. The topological polar surface area (TPSA) is 30.9 Å². The maximum atomic E-state index is 4.51. The van der Waals surface area contributed by atoms with Gasteiger partial charge in [0.1, 0.15) is 0 Å². The van der Waals surface area contributed by atoms with Gasteiger partial charge in [-0.2, -0.15) is 0 Å². The van der Waals surface area contributed by atoms with Crippen molar-refractivity contribution in [3.05, 3.63) is 0 Å². The van der Waals surface area contributed by atoms with Crippen molar-refractivity contribution in [2.45, 2.75) is 13.0 Å². The zero-order valence-electron chi connectivity index (χ0n) is 8.86. The van der Waals surface area contributed by atoms with Crippen LogP contribution in [0.15, 0.2) is 4.99 Å². The number of hydrazine groups is 1. The van der Waals surface area contributed by atoms with Gasteiger partial charge in [-0.3, -0.25) is 10.4 Å². The van der Waals surface area contributed by atoms with Crippen LogP contribution in [0.25, 0.3) is 0 Å². The number of aliphatic imine (C=N–C) groups is 1. The van der Waals surface area contributed by atoms with E-state index in [1.54, 1.807) is 0 Å². The van der Waals surface area contributed by atoms with Crippen LogP contribution < -0.4 is 5.43 Å². The molecule has 2 aliphatic heterocycles. The van der Waals surface area contributed by atoms with Gasteiger partial charge in [0.25, 0.3) is 0 Å². The molecular weight excluding hydrogens is 196 g/mol. The Morgan fingerprint density at radius 2 is 2.07 bits per heavy atom. The number of rotatable bonds is 1. The maximum Gasteiger partial charge on any atom is 0.171 e. The summed E-state index contributed by atoms with van der Waals surface area (Å²) in [5, 5.41) is 3.37. The molecule has 0 aromatic rings. The first kappa shape index (κ1) is 10.3. The molecule has 1 fully saturated rings. The molecule has 0 spiro atoms. The Hall–Kier alpha value is -0.260. The van der Waals surface area contributed by atoms with Crippen LogP contribution in [-0.4, -0.2) is 60.1 Å². The third-order valence-corrected chi connectivity index (χ3v) is 3.68. The van der Waals surface area contributed by atoms with Crippen LogP contribution in [0.5, 0.6) is 0 Å². The van der Waals surface area contributed by atoms with Gasteiger partial charge in [-0.05, 0) is 14.0 Å². The van der Waals surface area contributed by atoms with E-state index < -0.39 is 0 Å². The van der Waals surface area contributed by atoms with E-state index in [0.717, 1.165) is 37.1 Å². The van der Waals surface area contributed by atoms with E-state index >= 15 is 0 Å². The second-order valence-electron chi connectivity index (χ2n) is 4.00. The highest BCUT2D eigenvalue weighted by atomic mass is 32.2. The number of hydrogen-bond donors (Lipinski definition) is 1. The van der Waals surface area contributed by atoms with E-state index in [0.29, 0.717) is 6.04 Å². The number of likely N-dealkylation sites (N-methyl/N-ethyl adjacent to an activating group) is 1. The van der Waals surface area contributed by atoms with E-state index in [2.05, 4.69) is 34.3 Å². The fraction of sp³-hybridized carbons (Fsp3) is 0.889. The molecule has 5 heteroatoms. The number of hydrogen-bond acceptors (Lipinski definition) is 5. The fourth-order valence-electron chi connectivity index (χ4n) is 1.59. The molecule has 0 aliphatic carbocycles. The molecule has 2 aliphatic rings.